The fourth-order valence-corrected chi connectivity index (χ4v) is 3.24. The lowest BCUT2D eigenvalue weighted by Gasteiger charge is -2.06. The van der Waals surface area contributed by atoms with Gasteiger partial charge in [-0.2, -0.15) is 0 Å². The number of carbonyl (C=O) groups excluding carboxylic acids is 1. The number of hydrogen-bond donors (Lipinski definition) is 1. The third kappa shape index (κ3) is 5.10. The van der Waals surface area contributed by atoms with Crippen LogP contribution in [0.5, 0.6) is 5.75 Å². The molecule has 0 aliphatic rings. The Hall–Kier alpha value is -2.80. The third-order valence-electron chi connectivity index (χ3n) is 4.11. The molecule has 0 bridgehead atoms. The van der Waals surface area contributed by atoms with Crippen molar-refractivity contribution in [3.8, 4) is 5.75 Å². The Bertz CT molecular complexity index is 905. The molecule has 1 amide bonds. The molecule has 0 spiro atoms. The van der Waals surface area contributed by atoms with Crippen molar-refractivity contribution < 1.29 is 9.53 Å². The minimum atomic E-state index is -0.0662. The molecule has 0 radical (unpaired) electrons. The smallest absolute Gasteiger partial charge is 0.234 e. The molecule has 140 valence electrons. The first-order chi connectivity index (χ1) is 13.0. The number of aromatic nitrogens is 3. The predicted molar refractivity (Wildman–Crippen MR) is 107 cm³/mol. The van der Waals surface area contributed by atoms with Gasteiger partial charge in [-0.1, -0.05) is 41.6 Å². The summed E-state index contributed by atoms with van der Waals surface area (Å²) in [4.78, 5) is 12.1. The van der Waals surface area contributed by atoms with Crippen LogP contribution in [0.2, 0.25) is 0 Å². The molecule has 1 heterocycles. The van der Waals surface area contributed by atoms with Gasteiger partial charge in [-0.25, -0.2) is 0 Å². The second-order valence-corrected chi connectivity index (χ2v) is 7.13. The molecule has 3 aromatic rings. The molecule has 3 rings (SSSR count). The maximum absolute atomic E-state index is 12.1. The van der Waals surface area contributed by atoms with Gasteiger partial charge in [-0.15, -0.1) is 10.2 Å². The highest BCUT2D eigenvalue weighted by Crippen LogP contribution is 2.19. The maximum Gasteiger partial charge on any atom is 0.234 e. The van der Waals surface area contributed by atoms with Crippen molar-refractivity contribution >= 4 is 23.4 Å². The summed E-state index contributed by atoms with van der Waals surface area (Å²) in [5.74, 6) is 1.89. The number of amides is 1. The van der Waals surface area contributed by atoms with Crippen molar-refractivity contribution in [2.24, 2.45) is 7.05 Å². The molecule has 1 aromatic heterocycles. The van der Waals surface area contributed by atoms with Gasteiger partial charge < -0.3 is 14.6 Å². The van der Waals surface area contributed by atoms with Gasteiger partial charge >= 0.3 is 0 Å². The number of ether oxygens (including phenoxy) is 1. The summed E-state index contributed by atoms with van der Waals surface area (Å²) in [6.45, 7) is 2.01. The topological polar surface area (TPSA) is 69.0 Å². The van der Waals surface area contributed by atoms with Crippen LogP contribution in [0.25, 0.3) is 0 Å². The second kappa shape index (κ2) is 8.73. The summed E-state index contributed by atoms with van der Waals surface area (Å²) < 4.78 is 7.10. The lowest BCUT2D eigenvalue weighted by atomic mass is 10.1. The number of anilines is 1. The zero-order valence-corrected chi connectivity index (χ0v) is 16.4. The minimum Gasteiger partial charge on any atom is -0.497 e. The van der Waals surface area contributed by atoms with Gasteiger partial charge in [0.05, 0.1) is 12.9 Å². The van der Waals surface area contributed by atoms with Gasteiger partial charge in [0.1, 0.15) is 11.6 Å². The van der Waals surface area contributed by atoms with Gasteiger partial charge in [0.15, 0.2) is 5.16 Å². The van der Waals surface area contributed by atoms with E-state index >= 15 is 0 Å². The molecule has 2 aromatic carbocycles. The fourth-order valence-electron chi connectivity index (χ4n) is 2.51. The van der Waals surface area contributed by atoms with Crippen LogP contribution in [0.15, 0.2) is 53.7 Å². The lowest BCUT2D eigenvalue weighted by molar-refractivity contribution is -0.113. The van der Waals surface area contributed by atoms with Crippen molar-refractivity contribution in [3.05, 3.63) is 65.5 Å². The SMILES string of the molecule is COc1ccc(Cc2nnc(SCC(=O)Nc3ccc(C)cc3)n2C)cc1. The fraction of sp³-hybridized carbons (Fsp3) is 0.250. The van der Waals surface area contributed by atoms with Gasteiger partial charge in [0, 0.05) is 19.2 Å². The summed E-state index contributed by atoms with van der Waals surface area (Å²) >= 11 is 1.37. The van der Waals surface area contributed by atoms with Gasteiger partial charge in [0.2, 0.25) is 5.91 Å². The van der Waals surface area contributed by atoms with Crippen molar-refractivity contribution in [3.63, 3.8) is 0 Å². The van der Waals surface area contributed by atoms with E-state index in [0.29, 0.717) is 6.42 Å². The lowest BCUT2D eigenvalue weighted by Crippen LogP contribution is -2.14. The van der Waals surface area contributed by atoms with Crippen LogP contribution in [-0.2, 0) is 18.3 Å². The van der Waals surface area contributed by atoms with Gasteiger partial charge in [-0.05, 0) is 36.8 Å². The van der Waals surface area contributed by atoms with Crippen LogP contribution >= 0.6 is 11.8 Å². The Labute approximate surface area is 163 Å². The Balaban J connectivity index is 1.56. The molecule has 27 heavy (non-hydrogen) atoms. The number of methoxy groups -OCH3 is 1. The summed E-state index contributed by atoms with van der Waals surface area (Å²) in [7, 11) is 3.56. The highest BCUT2D eigenvalue weighted by atomic mass is 32.2. The van der Waals surface area contributed by atoms with Gasteiger partial charge in [0.25, 0.3) is 0 Å². The zero-order valence-electron chi connectivity index (χ0n) is 15.6. The van der Waals surface area contributed by atoms with Crippen LogP contribution in [0.1, 0.15) is 17.0 Å². The molecule has 0 unspecified atom stereocenters. The van der Waals surface area contributed by atoms with E-state index in [-0.39, 0.29) is 11.7 Å². The molecule has 6 nitrogen and oxygen atoms in total. The number of benzene rings is 2. The van der Waals surface area contributed by atoms with Crippen molar-refractivity contribution in [2.45, 2.75) is 18.5 Å². The number of rotatable bonds is 7. The molecular formula is C20H22N4O2S. The normalized spacial score (nSPS) is 10.6. The third-order valence-corrected chi connectivity index (χ3v) is 5.13. The van der Waals surface area contributed by atoms with E-state index < -0.39 is 0 Å². The number of aryl methyl sites for hydroxylation is 1. The average molecular weight is 382 g/mol. The van der Waals surface area contributed by atoms with E-state index in [1.54, 1.807) is 7.11 Å². The van der Waals surface area contributed by atoms with Crippen LogP contribution in [-0.4, -0.2) is 33.5 Å². The largest absolute Gasteiger partial charge is 0.497 e. The second-order valence-electron chi connectivity index (χ2n) is 6.19. The number of nitrogens with one attached hydrogen (secondary N) is 1. The molecule has 1 N–H and O–H groups in total. The molecule has 0 saturated carbocycles. The van der Waals surface area contributed by atoms with Gasteiger partial charge in [-0.3, -0.25) is 4.79 Å². The van der Waals surface area contributed by atoms with E-state index in [9.17, 15) is 4.79 Å². The Morgan fingerprint density at radius 2 is 1.81 bits per heavy atom. The molecular weight excluding hydrogens is 360 g/mol. The number of carbonyl (C=O) groups is 1. The highest BCUT2D eigenvalue weighted by Gasteiger charge is 2.12. The monoisotopic (exact) mass is 382 g/mol. The summed E-state index contributed by atoms with van der Waals surface area (Å²) in [6, 6.07) is 15.6. The number of nitrogens with zero attached hydrogens (tertiary/aromatic N) is 3. The summed E-state index contributed by atoms with van der Waals surface area (Å²) in [5.41, 5.74) is 3.08. The van der Waals surface area contributed by atoms with Crippen molar-refractivity contribution in [1.82, 2.24) is 14.8 Å². The van der Waals surface area contributed by atoms with Crippen LogP contribution < -0.4 is 10.1 Å². The van der Waals surface area contributed by atoms with E-state index in [4.69, 9.17) is 4.74 Å². The molecule has 0 aliphatic heterocycles. The Morgan fingerprint density at radius 1 is 1.11 bits per heavy atom. The molecule has 0 aliphatic carbocycles. The Morgan fingerprint density at radius 3 is 2.48 bits per heavy atom. The van der Waals surface area contributed by atoms with E-state index in [0.717, 1.165) is 33.5 Å². The first kappa shape index (κ1) is 19.0. The first-order valence-electron chi connectivity index (χ1n) is 8.55. The first-order valence-corrected chi connectivity index (χ1v) is 9.54. The van der Waals surface area contributed by atoms with E-state index in [1.807, 2.05) is 67.1 Å². The van der Waals surface area contributed by atoms with Crippen molar-refractivity contribution in [1.29, 1.82) is 0 Å². The number of thioether (sulfide) groups is 1. The van der Waals surface area contributed by atoms with Crippen LogP contribution in [0.3, 0.4) is 0 Å². The maximum atomic E-state index is 12.1. The quantitative estimate of drug-likeness (QED) is 0.634. The van der Waals surface area contributed by atoms with E-state index in [2.05, 4.69) is 15.5 Å². The van der Waals surface area contributed by atoms with E-state index in [1.165, 1.54) is 11.8 Å². The predicted octanol–water partition coefficient (Wildman–Crippen LogP) is 3.45. The minimum absolute atomic E-state index is 0.0662. The number of hydrogen-bond acceptors (Lipinski definition) is 5. The molecule has 0 fully saturated rings. The van der Waals surface area contributed by atoms with Crippen molar-refractivity contribution in [2.75, 3.05) is 18.2 Å². The summed E-state index contributed by atoms with van der Waals surface area (Å²) in [6.07, 6.45) is 0.670. The summed E-state index contributed by atoms with van der Waals surface area (Å²) in [5, 5.41) is 12.1. The molecule has 7 heteroatoms. The van der Waals surface area contributed by atoms with Crippen LogP contribution in [0, 0.1) is 6.92 Å². The van der Waals surface area contributed by atoms with Crippen LogP contribution in [0.4, 0.5) is 5.69 Å². The molecule has 0 saturated heterocycles. The zero-order chi connectivity index (χ0) is 19.2. The standard InChI is InChI=1S/C20H22N4O2S/c1-14-4-8-16(9-5-14)21-19(25)13-27-20-23-22-18(24(20)2)12-15-6-10-17(26-3)11-7-15/h4-11H,12-13H2,1-3H3,(H,21,25). The highest BCUT2D eigenvalue weighted by molar-refractivity contribution is 7.99. The average Bonchev–Trinajstić information content (AvgIpc) is 3.02. The molecule has 0 atom stereocenters. The Kier molecular flexibility index (Phi) is 6.13.